The van der Waals surface area contributed by atoms with E-state index in [1.807, 2.05) is 37.3 Å². The summed E-state index contributed by atoms with van der Waals surface area (Å²) in [5, 5.41) is 0. The van der Waals surface area contributed by atoms with Crippen molar-refractivity contribution in [2.75, 3.05) is 19.6 Å². The minimum Gasteiger partial charge on any atom is -0.342 e. The molecule has 5 nitrogen and oxygen atoms in total. The normalized spacial score (nSPS) is 21.6. The molecule has 3 fully saturated rings. The lowest BCUT2D eigenvalue weighted by Crippen LogP contribution is -2.52. The number of nitrogens with zero attached hydrogens (tertiary/aromatic N) is 3. The number of aromatic nitrogens is 2. The summed E-state index contributed by atoms with van der Waals surface area (Å²) < 4.78 is 40.6. The van der Waals surface area contributed by atoms with E-state index in [1.54, 1.807) is 4.90 Å². The van der Waals surface area contributed by atoms with Crippen molar-refractivity contribution in [3.05, 3.63) is 101 Å². The number of hydrogen-bond donors (Lipinski definition) is 1. The number of rotatable bonds is 5. The molecule has 1 N–H and O–H groups in total. The van der Waals surface area contributed by atoms with Gasteiger partial charge in [-0.25, -0.2) is 4.98 Å². The summed E-state index contributed by atoms with van der Waals surface area (Å²) in [5.41, 5.74) is 2.31. The van der Waals surface area contributed by atoms with Crippen molar-refractivity contribution < 1.29 is 19.4 Å². The zero-order valence-corrected chi connectivity index (χ0v) is 26.0. The minimum absolute atomic E-state index is 0. The molecule has 3 saturated heterocycles. The molecule has 0 atom stereocenters. The molecule has 0 radical (unpaired) electrons. The number of hydrogen-bond acceptors (Lipinski definition) is 3. The van der Waals surface area contributed by atoms with Crippen molar-refractivity contribution in [3.63, 3.8) is 0 Å². The van der Waals surface area contributed by atoms with Gasteiger partial charge in [-0.15, -0.1) is 0 Å². The van der Waals surface area contributed by atoms with Crippen LogP contribution >= 0.6 is 0 Å². The van der Waals surface area contributed by atoms with E-state index in [0.717, 1.165) is 48.7 Å². The first-order chi connectivity index (χ1) is 21.7. The highest BCUT2D eigenvalue weighted by atomic mass is 19.4. The number of piperidine rings is 3. The SMILES string of the molecule is Cc1nc2ccccc2[nH]1.O=C(c1ccccc1C(F)(F)F)N1CCC(CCN2C3CCCC2CCC3)(c2ccccc2)CC1.[HH]. The van der Waals surface area contributed by atoms with Crippen LogP contribution in [0.25, 0.3) is 11.0 Å². The summed E-state index contributed by atoms with van der Waals surface area (Å²) in [6.45, 7) is 3.98. The van der Waals surface area contributed by atoms with Crippen LogP contribution in [0.4, 0.5) is 13.2 Å². The Morgan fingerprint density at radius 1 is 0.889 bits per heavy atom. The molecule has 45 heavy (non-hydrogen) atoms. The number of fused-ring (bicyclic) bond motifs is 3. The summed E-state index contributed by atoms with van der Waals surface area (Å²) in [4.78, 5) is 25.0. The number of benzene rings is 3. The van der Waals surface area contributed by atoms with Crippen LogP contribution in [0, 0.1) is 6.92 Å². The summed E-state index contributed by atoms with van der Waals surface area (Å²) >= 11 is 0. The second-order valence-electron chi connectivity index (χ2n) is 13.0. The number of amides is 1. The molecule has 2 bridgehead atoms. The molecule has 0 unspecified atom stereocenters. The van der Waals surface area contributed by atoms with E-state index < -0.39 is 17.6 Å². The number of imidazole rings is 1. The standard InChI is InChI=1S/C29H35F3N2O.C8H8N2.H2/c30-29(31,32)26-15-5-4-14-25(26)27(35)33-19-16-28(17-20-33,22-8-2-1-3-9-22)18-21-34-23-10-6-11-24(34)13-7-12-23;1-6-9-7-4-2-3-5-8(7)10-6;/h1-5,8-9,14-15,23-24H,6-7,10-13,16-21H2;2-5H,1H3,(H,9,10);1H. The highest BCUT2D eigenvalue weighted by Gasteiger charge is 2.42. The lowest BCUT2D eigenvalue weighted by molar-refractivity contribution is -0.138. The molecule has 240 valence electrons. The van der Waals surface area contributed by atoms with Gasteiger partial charge in [0, 0.05) is 26.6 Å². The second kappa shape index (κ2) is 13.4. The summed E-state index contributed by atoms with van der Waals surface area (Å²) in [6.07, 6.45) is 5.93. The van der Waals surface area contributed by atoms with Crippen molar-refractivity contribution in [2.45, 2.75) is 88.4 Å². The molecule has 4 heterocycles. The van der Waals surface area contributed by atoms with Gasteiger partial charge in [0.1, 0.15) is 5.82 Å². The van der Waals surface area contributed by atoms with Gasteiger partial charge in [-0.05, 0) is 93.7 Å². The number of aryl methyl sites for hydroxylation is 1. The Hall–Kier alpha value is -3.65. The molecule has 1 aromatic heterocycles. The Kier molecular flexibility index (Phi) is 9.31. The number of alkyl halides is 3. The van der Waals surface area contributed by atoms with Crippen LogP contribution in [-0.2, 0) is 11.6 Å². The van der Waals surface area contributed by atoms with Crippen LogP contribution in [0.2, 0.25) is 0 Å². The van der Waals surface area contributed by atoms with Crippen LogP contribution in [0.3, 0.4) is 0 Å². The van der Waals surface area contributed by atoms with Gasteiger partial charge < -0.3 is 9.88 Å². The zero-order chi connectivity index (χ0) is 31.4. The maximum atomic E-state index is 13.5. The molecular formula is C37H45F3N4O. The number of carbonyl (C=O) groups is 1. The number of para-hydroxylation sites is 2. The third-order valence-corrected chi connectivity index (χ3v) is 10.3. The first-order valence-corrected chi connectivity index (χ1v) is 16.4. The summed E-state index contributed by atoms with van der Waals surface area (Å²) in [7, 11) is 0. The van der Waals surface area contributed by atoms with E-state index in [2.05, 4.69) is 39.1 Å². The van der Waals surface area contributed by atoms with Crippen LogP contribution in [-0.4, -0.2) is 57.4 Å². The highest BCUT2D eigenvalue weighted by Crippen LogP contribution is 2.42. The van der Waals surface area contributed by atoms with E-state index >= 15 is 0 Å². The predicted octanol–water partition coefficient (Wildman–Crippen LogP) is 8.79. The van der Waals surface area contributed by atoms with Gasteiger partial charge in [-0.1, -0.05) is 67.4 Å². The lowest BCUT2D eigenvalue weighted by atomic mass is 9.70. The Morgan fingerprint density at radius 3 is 2.13 bits per heavy atom. The molecule has 8 heteroatoms. The molecule has 7 rings (SSSR count). The van der Waals surface area contributed by atoms with Crippen LogP contribution in [0.1, 0.15) is 86.5 Å². The number of likely N-dealkylation sites (tertiary alicyclic amines) is 1. The van der Waals surface area contributed by atoms with Gasteiger partial charge in [-0.3, -0.25) is 9.69 Å². The van der Waals surface area contributed by atoms with Gasteiger partial charge >= 0.3 is 6.18 Å². The molecular weight excluding hydrogens is 573 g/mol. The number of carbonyl (C=O) groups excluding carboxylic acids is 1. The maximum absolute atomic E-state index is 13.5. The first-order valence-electron chi connectivity index (χ1n) is 16.4. The average molecular weight is 619 g/mol. The zero-order valence-electron chi connectivity index (χ0n) is 26.0. The molecule has 3 aliphatic heterocycles. The number of H-pyrrole nitrogens is 1. The number of halogens is 3. The topological polar surface area (TPSA) is 52.2 Å². The Bertz CT molecular complexity index is 1530. The largest absolute Gasteiger partial charge is 0.417 e. The van der Waals surface area contributed by atoms with Crippen molar-refractivity contribution in [1.29, 1.82) is 0 Å². The van der Waals surface area contributed by atoms with Crippen LogP contribution in [0.15, 0.2) is 78.9 Å². The minimum atomic E-state index is -4.54. The predicted molar refractivity (Wildman–Crippen MR) is 174 cm³/mol. The maximum Gasteiger partial charge on any atom is 0.417 e. The second-order valence-corrected chi connectivity index (χ2v) is 13.0. The molecule has 0 saturated carbocycles. The highest BCUT2D eigenvalue weighted by molar-refractivity contribution is 5.96. The number of nitrogens with one attached hydrogen (secondary N) is 1. The Labute approximate surface area is 265 Å². The third-order valence-electron chi connectivity index (χ3n) is 10.3. The van der Waals surface area contributed by atoms with E-state index in [0.29, 0.717) is 25.2 Å². The summed E-state index contributed by atoms with van der Waals surface area (Å²) in [6, 6.07) is 25.1. The van der Waals surface area contributed by atoms with E-state index in [1.165, 1.54) is 62.3 Å². The van der Waals surface area contributed by atoms with Crippen molar-refractivity contribution >= 4 is 16.9 Å². The van der Waals surface area contributed by atoms with Gasteiger partial charge in [-0.2, -0.15) is 13.2 Å². The monoisotopic (exact) mass is 618 g/mol. The molecule has 3 aliphatic rings. The van der Waals surface area contributed by atoms with E-state index in [4.69, 9.17) is 0 Å². The fourth-order valence-corrected chi connectivity index (χ4v) is 7.92. The average Bonchev–Trinajstić information content (AvgIpc) is 3.44. The Balaban J connectivity index is 0.000000321. The van der Waals surface area contributed by atoms with Crippen molar-refractivity contribution in [1.82, 2.24) is 19.8 Å². The molecule has 0 spiro atoms. The third kappa shape index (κ3) is 6.96. The molecule has 3 aromatic carbocycles. The van der Waals surface area contributed by atoms with E-state index in [9.17, 15) is 18.0 Å². The number of aromatic amines is 1. The summed E-state index contributed by atoms with van der Waals surface area (Å²) in [5.74, 6) is 0.464. The molecule has 0 aliphatic carbocycles. The first kappa shape index (κ1) is 31.3. The fourth-order valence-electron chi connectivity index (χ4n) is 7.92. The van der Waals surface area contributed by atoms with Crippen LogP contribution in [0.5, 0.6) is 0 Å². The Morgan fingerprint density at radius 2 is 1.49 bits per heavy atom. The molecule has 1 amide bonds. The van der Waals surface area contributed by atoms with Gasteiger partial charge in [0.15, 0.2) is 0 Å². The lowest BCUT2D eigenvalue weighted by Gasteiger charge is -2.49. The van der Waals surface area contributed by atoms with Gasteiger partial charge in [0.25, 0.3) is 5.91 Å². The van der Waals surface area contributed by atoms with Crippen molar-refractivity contribution in [2.24, 2.45) is 0 Å². The van der Waals surface area contributed by atoms with Gasteiger partial charge in [0.2, 0.25) is 0 Å². The van der Waals surface area contributed by atoms with Gasteiger partial charge in [0.05, 0.1) is 22.2 Å². The smallest absolute Gasteiger partial charge is 0.342 e. The van der Waals surface area contributed by atoms with Crippen LogP contribution < -0.4 is 0 Å². The molecule has 4 aromatic rings. The fraction of sp³-hybridized carbons (Fsp3) is 0.459. The quantitative estimate of drug-likeness (QED) is 0.243. The van der Waals surface area contributed by atoms with Crippen molar-refractivity contribution in [3.8, 4) is 0 Å². The van der Waals surface area contributed by atoms with E-state index in [-0.39, 0.29) is 12.4 Å².